The lowest BCUT2D eigenvalue weighted by molar-refractivity contribution is -0.121. The predicted octanol–water partition coefficient (Wildman–Crippen LogP) is 2.57. The summed E-state index contributed by atoms with van der Waals surface area (Å²) in [5.74, 6) is -0.313. The Morgan fingerprint density at radius 1 is 1.33 bits per heavy atom. The number of nitrogens with zero attached hydrogens (tertiary/aromatic N) is 2. The number of piperidine rings is 1. The van der Waals surface area contributed by atoms with Crippen LogP contribution in [0, 0.1) is 5.82 Å². The van der Waals surface area contributed by atoms with Crippen LogP contribution < -0.4 is 20.7 Å². The van der Waals surface area contributed by atoms with Crippen molar-refractivity contribution in [3.63, 3.8) is 0 Å². The van der Waals surface area contributed by atoms with Gasteiger partial charge < -0.3 is 20.7 Å². The Labute approximate surface area is 196 Å². The van der Waals surface area contributed by atoms with Gasteiger partial charge in [-0.25, -0.2) is 4.39 Å². The topological polar surface area (TPSA) is 105 Å². The fourth-order valence-corrected chi connectivity index (χ4v) is 3.99. The lowest BCUT2D eigenvalue weighted by atomic mass is 10.00. The number of pyridine rings is 1. The number of fused-ring (bicyclic) bond motifs is 1. The van der Waals surface area contributed by atoms with Gasteiger partial charge in [0.1, 0.15) is 18.2 Å². The summed E-state index contributed by atoms with van der Waals surface area (Å²) in [5, 5.41) is 9.31. The molecule has 0 unspecified atom stereocenters. The lowest BCUT2D eigenvalue weighted by Gasteiger charge is -2.23. The molecule has 8 nitrogen and oxygen atoms in total. The SMILES string of the molecule is O=C(CNCc1nccc2c1N=C(COc1ccc(F)c(Cl)c1)CC2=O)N[C@@H]1CCCNC1. The Bertz CT molecular complexity index is 1070. The molecule has 1 atom stereocenters. The molecule has 0 radical (unpaired) electrons. The Morgan fingerprint density at radius 3 is 3.00 bits per heavy atom. The molecule has 3 N–H and O–H groups in total. The second-order valence-corrected chi connectivity index (χ2v) is 8.42. The van der Waals surface area contributed by atoms with E-state index in [9.17, 15) is 14.0 Å². The number of hydrogen-bond donors (Lipinski definition) is 3. The maximum Gasteiger partial charge on any atom is 0.234 e. The minimum absolute atomic E-state index is 0.0409. The molecule has 0 aliphatic carbocycles. The molecule has 1 saturated heterocycles. The number of hydrogen-bond acceptors (Lipinski definition) is 7. The highest BCUT2D eigenvalue weighted by Gasteiger charge is 2.23. The molecule has 1 amide bonds. The second kappa shape index (κ2) is 10.8. The van der Waals surface area contributed by atoms with E-state index in [1.807, 2.05) is 0 Å². The molecule has 0 bridgehead atoms. The van der Waals surface area contributed by atoms with E-state index in [-0.39, 0.29) is 48.9 Å². The molecule has 10 heteroatoms. The Balaban J connectivity index is 1.37. The highest BCUT2D eigenvalue weighted by molar-refractivity contribution is 6.30. The van der Waals surface area contributed by atoms with Crippen molar-refractivity contribution in [2.75, 3.05) is 26.2 Å². The fraction of sp³-hybridized carbons (Fsp3) is 0.391. The van der Waals surface area contributed by atoms with Crippen molar-refractivity contribution in [3.05, 3.63) is 52.6 Å². The number of benzene rings is 1. The molecule has 2 aliphatic heterocycles. The monoisotopic (exact) mass is 473 g/mol. The largest absolute Gasteiger partial charge is 0.488 e. The summed E-state index contributed by atoms with van der Waals surface area (Å²) in [6.45, 7) is 2.26. The number of carbonyl (C=O) groups excluding carboxylic acids is 2. The van der Waals surface area contributed by atoms with E-state index >= 15 is 0 Å². The molecule has 3 heterocycles. The first-order valence-corrected chi connectivity index (χ1v) is 11.2. The van der Waals surface area contributed by atoms with Crippen LogP contribution in [0.25, 0.3) is 0 Å². The van der Waals surface area contributed by atoms with Gasteiger partial charge in [-0.3, -0.25) is 19.6 Å². The highest BCUT2D eigenvalue weighted by Crippen LogP contribution is 2.29. The van der Waals surface area contributed by atoms with Crippen LogP contribution in [0.5, 0.6) is 5.75 Å². The molecule has 0 spiro atoms. The van der Waals surface area contributed by atoms with Gasteiger partial charge in [0, 0.05) is 37.0 Å². The van der Waals surface area contributed by atoms with Gasteiger partial charge in [0.2, 0.25) is 5.91 Å². The van der Waals surface area contributed by atoms with Crippen LogP contribution in [0.15, 0.2) is 35.5 Å². The summed E-state index contributed by atoms with van der Waals surface area (Å²) in [4.78, 5) is 33.8. The van der Waals surface area contributed by atoms with Crippen LogP contribution in [-0.4, -0.2) is 54.7 Å². The van der Waals surface area contributed by atoms with E-state index in [2.05, 4.69) is 25.9 Å². The first kappa shape index (κ1) is 23.3. The third-order valence-corrected chi connectivity index (χ3v) is 5.76. The van der Waals surface area contributed by atoms with Crippen LogP contribution in [0.3, 0.4) is 0 Å². The van der Waals surface area contributed by atoms with Crippen molar-refractivity contribution in [3.8, 4) is 5.75 Å². The van der Waals surface area contributed by atoms with Crippen molar-refractivity contribution in [1.82, 2.24) is 20.9 Å². The number of carbonyl (C=O) groups is 2. The number of aromatic nitrogens is 1. The zero-order valence-corrected chi connectivity index (χ0v) is 18.8. The molecule has 2 aromatic rings. The first-order valence-electron chi connectivity index (χ1n) is 10.9. The summed E-state index contributed by atoms with van der Waals surface area (Å²) in [6.07, 6.45) is 3.71. The number of Topliss-reactive ketones (excluding diaryl/α,β-unsaturated/α-hetero) is 1. The standard InChI is InChI=1S/C23H25ClFN5O3/c24-18-9-16(3-4-19(18)25)33-13-15-8-21(31)17-5-7-28-20(23(17)30-15)11-27-12-22(32)29-14-2-1-6-26-10-14/h3-5,7,9,14,26-27H,1-2,6,8,10-13H2,(H,29,32)/t14-/m1/s1. The van der Waals surface area contributed by atoms with E-state index < -0.39 is 5.82 Å². The molecular formula is C23H25ClFN5O3. The summed E-state index contributed by atoms with van der Waals surface area (Å²) in [7, 11) is 0. The van der Waals surface area contributed by atoms with Crippen molar-refractivity contribution in [1.29, 1.82) is 0 Å². The van der Waals surface area contributed by atoms with Gasteiger partial charge in [-0.1, -0.05) is 11.6 Å². The minimum atomic E-state index is -0.532. The maximum absolute atomic E-state index is 13.3. The normalized spacial score (nSPS) is 17.8. The molecule has 4 rings (SSSR count). The van der Waals surface area contributed by atoms with E-state index in [0.29, 0.717) is 28.4 Å². The number of halogens is 2. The van der Waals surface area contributed by atoms with Gasteiger partial charge in [0.15, 0.2) is 5.78 Å². The Kier molecular flexibility index (Phi) is 7.64. The molecule has 1 aromatic heterocycles. The third-order valence-electron chi connectivity index (χ3n) is 5.47. The summed E-state index contributed by atoms with van der Waals surface area (Å²) in [5.41, 5.74) is 2.08. The zero-order valence-electron chi connectivity index (χ0n) is 18.0. The Hall–Kier alpha value is -2.88. The van der Waals surface area contributed by atoms with Crippen molar-refractivity contribution in [2.24, 2.45) is 4.99 Å². The van der Waals surface area contributed by atoms with Crippen LogP contribution in [0.4, 0.5) is 10.1 Å². The van der Waals surface area contributed by atoms with Gasteiger partial charge in [0.05, 0.1) is 35.1 Å². The number of ether oxygens (including phenoxy) is 1. The summed E-state index contributed by atoms with van der Waals surface area (Å²) >= 11 is 5.79. The average molecular weight is 474 g/mol. The van der Waals surface area contributed by atoms with Crippen molar-refractivity contribution < 1.29 is 18.7 Å². The van der Waals surface area contributed by atoms with E-state index in [1.54, 1.807) is 12.3 Å². The van der Waals surface area contributed by atoms with Crippen LogP contribution in [0.1, 0.15) is 35.3 Å². The predicted molar refractivity (Wildman–Crippen MR) is 123 cm³/mol. The molecule has 33 heavy (non-hydrogen) atoms. The van der Waals surface area contributed by atoms with Crippen molar-refractivity contribution >= 4 is 34.7 Å². The summed E-state index contributed by atoms with van der Waals surface area (Å²) < 4.78 is 19.0. The molecular weight excluding hydrogens is 449 g/mol. The minimum Gasteiger partial charge on any atom is -0.488 e. The number of ketones is 1. The van der Waals surface area contributed by atoms with E-state index in [1.165, 1.54) is 18.2 Å². The molecule has 2 aliphatic rings. The smallest absolute Gasteiger partial charge is 0.234 e. The number of rotatable bonds is 8. The number of amides is 1. The lowest BCUT2D eigenvalue weighted by Crippen LogP contribution is -2.47. The molecule has 174 valence electrons. The highest BCUT2D eigenvalue weighted by atomic mass is 35.5. The summed E-state index contributed by atoms with van der Waals surface area (Å²) in [6, 6.07) is 5.85. The van der Waals surface area contributed by atoms with Gasteiger partial charge in [-0.05, 0) is 37.6 Å². The molecule has 1 aromatic carbocycles. The molecule has 1 fully saturated rings. The van der Waals surface area contributed by atoms with E-state index in [0.717, 1.165) is 25.9 Å². The van der Waals surface area contributed by atoms with Crippen LogP contribution in [0.2, 0.25) is 5.02 Å². The number of aliphatic imine (C=N–C) groups is 1. The van der Waals surface area contributed by atoms with Gasteiger partial charge in [0.25, 0.3) is 0 Å². The third kappa shape index (κ3) is 6.13. The maximum atomic E-state index is 13.3. The van der Waals surface area contributed by atoms with Gasteiger partial charge in [-0.15, -0.1) is 0 Å². The van der Waals surface area contributed by atoms with E-state index in [4.69, 9.17) is 16.3 Å². The van der Waals surface area contributed by atoms with Gasteiger partial charge >= 0.3 is 0 Å². The Morgan fingerprint density at radius 2 is 2.21 bits per heavy atom. The molecule has 0 saturated carbocycles. The first-order chi connectivity index (χ1) is 16.0. The second-order valence-electron chi connectivity index (χ2n) is 8.01. The number of nitrogens with one attached hydrogen (secondary N) is 3. The van der Waals surface area contributed by atoms with Crippen molar-refractivity contribution in [2.45, 2.75) is 31.8 Å². The zero-order chi connectivity index (χ0) is 23.2. The quantitative estimate of drug-likeness (QED) is 0.544. The van der Waals surface area contributed by atoms with Gasteiger partial charge in [-0.2, -0.15) is 0 Å². The van der Waals surface area contributed by atoms with Crippen LogP contribution in [-0.2, 0) is 11.3 Å². The fourth-order valence-electron chi connectivity index (χ4n) is 3.82. The van der Waals surface area contributed by atoms with Crippen LogP contribution >= 0.6 is 11.6 Å². The average Bonchev–Trinajstić information content (AvgIpc) is 2.81.